The normalized spacial score (nSPS) is 12.3. The summed E-state index contributed by atoms with van der Waals surface area (Å²) in [4.78, 5) is 0. The smallest absolute Gasteiger partial charge is 0.137 e. The molecule has 0 aromatic heterocycles. The first-order chi connectivity index (χ1) is 9.04. The number of hydrogen-bond acceptors (Lipinski definition) is 2. The Morgan fingerprint density at radius 3 is 2.68 bits per heavy atom. The highest BCUT2D eigenvalue weighted by Crippen LogP contribution is 2.34. The second kappa shape index (κ2) is 5.90. The van der Waals surface area contributed by atoms with Crippen molar-refractivity contribution in [2.45, 2.75) is 6.04 Å². The van der Waals surface area contributed by atoms with E-state index in [1.54, 1.807) is 37.4 Å². The molecule has 1 unspecified atom stereocenters. The first-order valence-electron chi connectivity index (χ1n) is 5.57. The summed E-state index contributed by atoms with van der Waals surface area (Å²) in [6, 6.07) is 9.41. The van der Waals surface area contributed by atoms with Crippen LogP contribution in [0.15, 0.2) is 40.9 Å². The standard InChI is InChI=1S/C14H12BrClFNO/c1-19-12-6-5-8(16)7-10(12)14(18)9-3-2-4-11(17)13(9)15/h2-7,14H,18H2,1H3. The minimum Gasteiger partial charge on any atom is -0.496 e. The molecule has 100 valence electrons. The molecule has 1 atom stereocenters. The molecule has 2 N–H and O–H groups in total. The van der Waals surface area contributed by atoms with Crippen LogP contribution in [0.2, 0.25) is 5.02 Å². The second-order valence-corrected chi connectivity index (χ2v) is 5.24. The van der Waals surface area contributed by atoms with Crippen molar-refractivity contribution >= 4 is 27.5 Å². The predicted octanol–water partition coefficient (Wildman–Crippen LogP) is 4.30. The molecule has 0 radical (unpaired) electrons. The van der Waals surface area contributed by atoms with E-state index in [0.29, 0.717) is 26.4 Å². The first kappa shape index (κ1) is 14.3. The zero-order chi connectivity index (χ0) is 14.0. The van der Waals surface area contributed by atoms with Gasteiger partial charge in [-0.3, -0.25) is 0 Å². The predicted molar refractivity (Wildman–Crippen MR) is 78.1 cm³/mol. The van der Waals surface area contributed by atoms with Gasteiger partial charge in [-0.15, -0.1) is 0 Å². The Kier molecular flexibility index (Phi) is 4.45. The topological polar surface area (TPSA) is 35.2 Å². The minimum absolute atomic E-state index is 0.351. The lowest BCUT2D eigenvalue weighted by Crippen LogP contribution is -2.14. The number of halogens is 3. The van der Waals surface area contributed by atoms with E-state index in [0.717, 1.165) is 0 Å². The van der Waals surface area contributed by atoms with Crippen molar-refractivity contribution in [1.29, 1.82) is 0 Å². The molecular weight excluding hydrogens is 333 g/mol. The highest BCUT2D eigenvalue weighted by Gasteiger charge is 2.18. The minimum atomic E-state index is -0.529. The molecule has 2 aromatic rings. The third-order valence-corrected chi connectivity index (χ3v) is 3.92. The molecular formula is C14H12BrClFNO. The van der Waals surface area contributed by atoms with Crippen molar-refractivity contribution in [1.82, 2.24) is 0 Å². The molecule has 19 heavy (non-hydrogen) atoms. The first-order valence-corrected chi connectivity index (χ1v) is 6.74. The molecule has 0 aliphatic carbocycles. The maximum Gasteiger partial charge on any atom is 0.137 e. The van der Waals surface area contributed by atoms with Crippen LogP contribution >= 0.6 is 27.5 Å². The van der Waals surface area contributed by atoms with Crippen molar-refractivity contribution in [2.75, 3.05) is 7.11 Å². The fraction of sp³-hybridized carbons (Fsp3) is 0.143. The molecule has 0 aliphatic heterocycles. The van der Waals surface area contributed by atoms with Gasteiger partial charge in [-0.05, 0) is 45.8 Å². The van der Waals surface area contributed by atoms with E-state index in [-0.39, 0.29) is 5.82 Å². The van der Waals surface area contributed by atoms with Crippen molar-refractivity contribution in [2.24, 2.45) is 5.73 Å². The summed E-state index contributed by atoms with van der Waals surface area (Å²) in [6.07, 6.45) is 0. The summed E-state index contributed by atoms with van der Waals surface area (Å²) in [6.45, 7) is 0. The van der Waals surface area contributed by atoms with Gasteiger partial charge in [-0.25, -0.2) is 4.39 Å². The van der Waals surface area contributed by atoms with Crippen LogP contribution in [0.3, 0.4) is 0 Å². The summed E-state index contributed by atoms with van der Waals surface area (Å²) in [5, 5.41) is 0.554. The molecule has 2 aromatic carbocycles. The van der Waals surface area contributed by atoms with Gasteiger partial charge in [0.05, 0.1) is 17.6 Å². The lowest BCUT2D eigenvalue weighted by atomic mass is 9.98. The van der Waals surface area contributed by atoms with Crippen LogP contribution in [0.25, 0.3) is 0 Å². The van der Waals surface area contributed by atoms with Gasteiger partial charge < -0.3 is 10.5 Å². The van der Waals surface area contributed by atoms with E-state index in [2.05, 4.69) is 15.9 Å². The van der Waals surface area contributed by atoms with Crippen LogP contribution < -0.4 is 10.5 Å². The quantitative estimate of drug-likeness (QED) is 0.901. The van der Waals surface area contributed by atoms with Gasteiger partial charge in [0.2, 0.25) is 0 Å². The number of hydrogen-bond donors (Lipinski definition) is 1. The maximum atomic E-state index is 13.6. The number of methoxy groups -OCH3 is 1. The number of nitrogens with two attached hydrogens (primary N) is 1. The van der Waals surface area contributed by atoms with E-state index in [9.17, 15) is 4.39 Å². The van der Waals surface area contributed by atoms with E-state index in [1.807, 2.05) is 0 Å². The zero-order valence-corrected chi connectivity index (χ0v) is 12.5. The second-order valence-electron chi connectivity index (χ2n) is 4.01. The average molecular weight is 345 g/mol. The Morgan fingerprint density at radius 1 is 1.26 bits per heavy atom. The fourth-order valence-electron chi connectivity index (χ4n) is 1.88. The van der Waals surface area contributed by atoms with Crippen molar-refractivity contribution in [3.63, 3.8) is 0 Å². The Balaban J connectivity index is 2.52. The van der Waals surface area contributed by atoms with Crippen molar-refractivity contribution in [3.05, 3.63) is 62.8 Å². The van der Waals surface area contributed by atoms with E-state index in [1.165, 1.54) is 6.07 Å². The molecule has 0 spiro atoms. The molecule has 2 rings (SSSR count). The summed E-state index contributed by atoms with van der Waals surface area (Å²) in [5.41, 5.74) is 7.54. The molecule has 0 fully saturated rings. The summed E-state index contributed by atoms with van der Waals surface area (Å²) >= 11 is 9.19. The van der Waals surface area contributed by atoms with Crippen molar-refractivity contribution in [3.8, 4) is 5.75 Å². The van der Waals surface area contributed by atoms with Gasteiger partial charge in [0.1, 0.15) is 11.6 Å². The largest absolute Gasteiger partial charge is 0.496 e. The van der Waals surface area contributed by atoms with Gasteiger partial charge in [0.15, 0.2) is 0 Å². The lowest BCUT2D eigenvalue weighted by Gasteiger charge is -2.18. The molecule has 5 heteroatoms. The van der Waals surface area contributed by atoms with Gasteiger partial charge >= 0.3 is 0 Å². The highest BCUT2D eigenvalue weighted by atomic mass is 79.9. The van der Waals surface area contributed by atoms with Gasteiger partial charge in [-0.2, -0.15) is 0 Å². The summed E-state index contributed by atoms with van der Waals surface area (Å²) in [7, 11) is 1.56. The Hall–Kier alpha value is -1.10. The molecule has 0 aliphatic rings. The van der Waals surface area contributed by atoms with Gasteiger partial charge in [-0.1, -0.05) is 23.7 Å². The SMILES string of the molecule is COc1ccc(Cl)cc1C(N)c1cccc(F)c1Br. The lowest BCUT2D eigenvalue weighted by molar-refractivity contribution is 0.408. The van der Waals surface area contributed by atoms with E-state index >= 15 is 0 Å². The molecule has 2 nitrogen and oxygen atoms in total. The maximum absolute atomic E-state index is 13.6. The van der Waals surface area contributed by atoms with Crippen LogP contribution in [-0.2, 0) is 0 Å². The number of rotatable bonds is 3. The van der Waals surface area contributed by atoms with Crippen LogP contribution in [-0.4, -0.2) is 7.11 Å². The molecule has 0 bridgehead atoms. The zero-order valence-electron chi connectivity index (χ0n) is 10.2. The Labute approximate surface area is 124 Å². The van der Waals surface area contributed by atoms with Crippen LogP contribution in [0, 0.1) is 5.82 Å². The van der Waals surface area contributed by atoms with Gasteiger partial charge in [0, 0.05) is 10.6 Å². The molecule has 0 amide bonds. The van der Waals surface area contributed by atoms with Crippen LogP contribution in [0.5, 0.6) is 5.75 Å². The van der Waals surface area contributed by atoms with Gasteiger partial charge in [0.25, 0.3) is 0 Å². The summed E-state index contributed by atoms with van der Waals surface area (Å²) in [5.74, 6) is 0.266. The summed E-state index contributed by atoms with van der Waals surface area (Å²) < 4.78 is 19.2. The van der Waals surface area contributed by atoms with Crippen LogP contribution in [0.4, 0.5) is 4.39 Å². The molecule has 0 heterocycles. The monoisotopic (exact) mass is 343 g/mol. The number of ether oxygens (including phenoxy) is 1. The Morgan fingerprint density at radius 2 is 2.00 bits per heavy atom. The highest BCUT2D eigenvalue weighted by molar-refractivity contribution is 9.10. The fourth-order valence-corrected chi connectivity index (χ4v) is 2.57. The molecule has 0 saturated heterocycles. The number of benzene rings is 2. The average Bonchev–Trinajstić information content (AvgIpc) is 2.41. The molecule has 0 saturated carbocycles. The third-order valence-electron chi connectivity index (χ3n) is 2.84. The third kappa shape index (κ3) is 2.91. The van der Waals surface area contributed by atoms with E-state index < -0.39 is 6.04 Å². The van der Waals surface area contributed by atoms with Crippen LogP contribution in [0.1, 0.15) is 17.2 Å². The van der Waals surface area contributed by atoms with E-state index in [4.69, 9.17) is 22.1 Å². The van der Waals surface area contributed by atoms with Crippen molar-refractivity contribution < 1.29 is 9.13 Å². The Bertz CT molecular complexity index is 606.